The van der Waals surface area contributed by atoms with Crippen molar-refractivity contribution in [2.75, 3.05) is 19.1 Å². The van der Waals surface area contributed by atoms with Crippen molar-refractivity contribution in [2.24, 2.45) is 5.10 Å². The van der Waals surface area contributed by atoms with Crippen LogP contribution < -0.4 is 10.2 Å². The van der Waals surface area contributed by atoms with Crippen molar-refractivity contribution in [1.29, 1.82) is 0 Å². The van der Waals surface area contributed by atoms with Gasteiger partial charge in [-0.3, -0.25) is 5.43 Å². The Kier molecular flexibility index (Phi) is 5.22. The van der Waals surface area contributed by atoms with Crippen LogP contribution in [-0.4, -0.2) is 35.5 Å². The van der Waals surface area contributed by atoms with Crippen LogP contribution in [0.4, 0.5) is 5.00 Å². The smallest absolute Gasteiger partial charge is 0.362 e. The number of carbonyl (C=O) groups excluding carboxylic acids is 1. The highest BCUT2D eigenvalue weighted by molar-refractivity contribution is 7.10. The number of hydrazone groups is 1. The maximum absolute atomic E-state index is 11.6. The first kappa shape index (κ1) is 14.9. The molecule has 1 heterocycles. The fourth-order valence-electron chi connectivity index (χ4n) is 1.45. The minimum absolute atomic E-state index is 0.133. The summed E-state index contributed by atoms with van der Waals surface area (Å²) in [6.07, 6.45) is 1.62. The third-order valence-corrected chi connectivity index (χ3v) is 3.08. The fourth-order valence-corrected chi connectivity index (χ4v) is 1.96. The molecule has 0 bridgehead atoms. The molecule has 21 heavy (non-hydrogen) atoms. The van der Waals surface area contributed by atoms with Gasteiger partial charge in [-0.15, -0.1) is 5.10 Å². The minimum Gasteiger partial charge on any atom is -0.497 e. The number of hydrogen-bond acceptors (Lipinski definition) is 8. The molecule has 2 aromatic rings. The first-order valence-electron chi connectivity index (χ1n) is 6.17. The second kappa shape index (κ2) is 7.34. The average Bonchev–Trinajstić information content (AvgIpc) is 2.97. The predicted octanol–water partition coefficient (Wildman–Crippen LogP) is 2.17. The topological polar surface area (TPSA) is 85.7 Å². The lowest BCUT2D eigenvalue weighted by molar-refractivity contribution is 0.0520. The molecule has 0 saturated carbocycles. The molecule has 7 nitrogen and oxygen atoms in total. The zero-order valence-corrected chi connectivity index (χ0v) is 12.4. The van der Waals surface area contributed by atoms with Crippen LogP contribution in [-0.2, 0) is 4.74 Å². The van der Waals surface area contributed by atoms with Crippen molar-refractivity contribution in [2.45, 2.75) is 6.92 Å². The Balaban J connectivity index is 2.00. The van der Waals surface area contributed by atoms with Crippen LogP contribution in [0.5, 0.6) is 5.75 Å². The number of benzene rings is 1. The molecule has 0 aliphatic carbocycles. The number of rotatable bonds is 6. The van der Waals surface area contributed by atoms with Gasteiger partial charge < -0.3 is 9.47 Å². The molecule has 0 spiro atoms. The molecule has 0 fully saturated rings. The summed E-state index contributed by atoms with van der Waals surface area (Å²) in [5, 5.41) is 8.22. The monoisotopic (exact) mass is 306 g/mol. The normalized spacial score (nSPS) is 10.6. The van der Waals surface area contributed by atoms with Crippen molar-refractivity contribution >= 4 is 28.7 Å². The average molecular weight is 306 g/mol. The van der Waals surface area contributed by atoms with E-state index in [1.54, 1.807) is 20.2 Å². The Morgan fingerprint density at radius 3 is 2.86 bits per heavy atom. The minimum atomic E-state index is -0.520. The van der Waals surface area contributed by atoms with Gasteiger partial charge in [0.25, 0.3) is 0 Å². The Bertz CT molecular complexity index is 625. The Labute approximate surface area is 125 Å². The van der Waals surface area contributed by atoms with Crippen molar-refractivity contribution in [1.82, 2.24) is 9.59 Å². The summed E-state index contributed by atoms with van der Waals surface area (Å²) in [5.41, 5.74) is 3.76. The van der Waals surface area contributed by atoms with Crippen LogP contribution in [0, 0.1) is 0 Å². The molecule has 1 N–H and O–H groups in total. The molecule has 0 amide bonds. The van der Waals surface area contributed by atoms with Gasteiger partial charge in [-0.25, -0.2) is 4.79 Å². The van der Waals surface area contributed by atoms with Crippen molar-refractivity contribution in [3.05, 3.63) is 35.5 Å². The zero-order chi connectivity index (χ0) is 15.1. The number of hydrogen-bond donors (Lipinski definition) is 1. The van der Waals surface area contributed by atoms with Gasteiger partial charge in [-0.05, 0) is 36.8 Å². The molecule has 0 aliphatic heterocycles. The van der Waals surface area contributed by atoms with Gasteiger partial charge in [-0.2, -0.15) is 5.10 Å². The summed E-state index contributed by atoms with van der Waals surface area (Å²) < 4.78 is 13.7. The lowest BCUT2D eigenvalue weighted by Gasteiger charge is -2.01. The van der Waals surface area contributed by atoms with Gasteiger partial charge in [-0.1, -0.05) is 4.49 Å². The van der Waals surface area contributed by atoms with E-state index in [9.17, 15) is 4.79 Å². The quantitative estimate of drug-likeness (QED) is 0.500. The van der Waals surface area contributed by atoms with Crippen LogP contribution in [0.1, 0.15) is 23.0 Å². The summed E-state index contributed by atoms with van der Waals surface area (Å²) in [6, 6.07) is 7.39. The van der Waals surface area contributed by atoms with E-state index in [1.807, 2.05) is 24.3 Å². The lowest BCUT2D eigenvalue weighted by Crippen LogP contribution is -2.07. The molecule has 8 heteroatoms. The van der Waals surface area contributed by atoms with Gasteiger partial charge >= 0.3 is 5.97 Å². The number of aromatic nitrogens is 2. The first-order valence-corrected chi connectivity index (χ1v) is 6.94. The van der Waals surface area contributed by atoms with Crippen molar-refractivity contribution in [3.8, 4) is 5.75 Å². The summed E-state index contributed by atoms with van der Waals surface area (Å²) in [5.74, 6) is 0.254. The standard InChI is InChI=1S/C13H14N4O3S/c1-3-20-13(18)11-12(21-17-15-11)16-14-8-9-4-6-10(19-2)7-5-9/h4-8,16H,3H2,1-2H3/b14-8-. The second-order valence-corrected chi connectivity index (χ2v) is 4.57. The zero-order valence-electron chi connectivity index (χ0n) is 11.6. The molecule has 0 unspecified atom stereocenters. The highest BCUT2D eigenvalue weighted by Crippen LogP contribution is 2.18. The molecule has 1 aromatic carbocycles. The van der Waals surface area contributed by atoms with Crippen LogP contribution >= 0.6 is 11.5 Å². The van der Waals surface area contributed by atoms with Crippen LogP contribution in [0.15, 0.2) is 29.4 Å². The molecule has 110 valence electrons. The highest BCUT2D eigenvalue weighted by Gasteiger charge is 2.17. The van der Waals surface area contributed by atoms with Crippen LogP contribution in [0.2, 0.25) is 0 Å². The number of nitrogens with one attached hydrogen (secondary N) is 1. The maximum atomic E-state index is 11.6. The summed E-state index contributed by atoms with van der Waals surface area (Å²) >= 11 is 1.04. The summed E-state index contributed by atoms with van der Waals surface area (Å²) in [7, 11) is 1.61. The van der Waals surface area contributed by atoms with Crippen molar-refractivity contribution < 1.29 is 14.3 Å². The van der Waals surface area contributed by atoms with E-state index in [1.165, 1.54) is 0 Å². The largest absolute Gasteiger partial charge is 0.497 e. The predicted molar refractivity (Wildman–Crippen MR) is 80.1 cm³/mol. The highest BCUT2D eigenvalue weighted by atomic mass is 32.1. The first-order chi connectivity index (χ1) is 10.2. The number of esters is 1. The number of carbonyl (C=O) groups is 1. The Morgan fingerprint density at radius 2 is 2.19 bits per heavy atom. The van der Waals surface area contributed by atoms with Gasteiger partial charge in [0.2, 0.25) is 5.69 Å². The molecular weight excluding hydrogens is 292 g/mol. The SMILES string of the molecule is CCOC(=O)c1nnsc1N/N=C\c1ccc(OC)cc1. The number of nitrogens with zero attached hydrogens (tertiary/aromatic N) is 3. The molecule has 0 radical (unpaired) electrons. The van der Waals surface area contributed by atoms with Gasteiger partial charge in [0, 0.05) is 11.5 Å². The number of ether oxygens (including phenoxy) is 2. The lowest BCUT2D eigenvalue weighted by atomic mass is 10.2. The molecule has 0 aliphatic rings. The third-order valence-electron chi connectivity index (χ3n) is 2.45. The number of anilines is 1. The second-order valence-electron chi connectivity index (χ2n) is 3.81. The van der Waals surface area contributed by atoms with E-state index in [0.29, 0.717) is 5.00 Å². The van der Waals surface area contributed by atoms with E-state index in [-0.39, 0.29) is 12.3 Å². The van der Waals surface area contributed by atoms with Gasteiger partial charge in [0.05, 0.1) is 19.9 Å². The van der Waals surface area contributed by atoms with Crippen LogP contribution in [0.25, 0.3) is 0 Å². The van der Waals surface area contributed by atoms with Gasteiger partial charge in [0.1, 0.15) is 5.75 Å². The van der Waals surface area contributed by atoms with E-state index in [2.05, 4.69) is 20.1 Å². The van der Waals surface area contributed by atoms with E-state index in [0.717, 1.165) is 22.8 Å². The fraction of sp³-hybridized carbons (Fsp3) is 0.231. The van der Waals surface area contributed by atoms with Gasteiger partial charge in [0.15, 0.2) is 5.00 Å². The molecular formula is C13H14N4O3S. The maximum Gasteiger partial charge on any atom is 0.362 e. The molecule has 1 aromatic heterocycles. The Morgan fingerprint density at radius 1 is 1.43 bits per heavy atom. The van der Waals surface area contributed by atoms with Crippen molar-refractivity contribution in [3.63, 3.8) is 0 Å². The van der Waals surface area contributed by atoms with E-state index in [4.69, 9.17) is 9.47 Å². The summed E-state index contributed by atoms with van der Waals surface area (Å²) in [6.45, 7) is 2.01. The van der Waals surface area contributed by atoms with E-state index >= 15 is 0 Å². The molecule has 0 saturated heterocycles. The third kappa shape index (κ3) is 3.99. The molecule has 0 atom stereocenters. The number of methoxy groups -OCH3 is 1. The summed E-state index contributed by atoms with van der Waals surface area (Å²) in [4.78, 5) is 11.6. The van der Waals surface area contributed by atoms with Crippen LogP contribution in [0.3, 0.4) is 0 Å². The Hall–Kier alpha value is -2.48. The molecule has 2 rings (SSSR count). The van der Waals surface area contributed by atoms with E-state index < -0.39 is 5.97 Å².